The molecule has 6 heteroatoms. The zero-order valence-corrected chi connectivity index (χ0v) is 12.4. The maximum Gasteiger partial charge on any atom is 0.294 e. The Hall–Kier alpha value is -1.33. The minimum atomic E-state index is -0.355. The molecule has 0 aliphatic carbocycles. The summed E-state index contributed by atoms with van der Waals surface area (Å²) in [5, 5.41) is 15.1. The highest BCUT2D eigenvalue weighted by Gasteiger charge is 2.25. The van der Waals surface area contributed by atoms with Crippen LogP contribution >= 0.6 is 11.6 Å². The second-order valence-corrected chi connectivity index (χ2v) is 5.51. The predicted octanol–water partition coefficient (Wildman–Crippen LogP) is 3.22. The summed E-state index contributed by atoms with van der Waals surface area (Å²) in [5.74, 6) is 0. The van der Waals surface area contributed by atoms with Crippen molar-refractivity contribution in [2.75, 3.05) is 24.5 Å². The normalized spacial score (nSPS) is 18.2. The molecule has 20 heavy (non-hydrogen) atoms. The van der Waals surface area contributed by atoms with Gasteiger partial charge >= 0.3 is 0 Å². The Kier molecular flexibility index (Phi) is 5.20. The van der Waals surface area contributed by atoms with Gasteiger partial charge in [-0.3, -0.25) is 10.1 Å². The molecule has 110 valence electrons. The van der Waals surface area contributed by atoms with Gasteiger partial charge in [-0.15, -0.1) is 0 Å². The molecule has 0 amide bonds. The first kappa shape index (κ1) is 15.1. The first-order valence-electron chi connectivity index (χ1n) is 7.04. The molecule has 1 aromatic carbocycles. The molecule has 5 nitrogen and oxygen atoms in total. The van der Waals surface area contributed by atoms with Crippen LogP contribution < -0.4 is 10.2 Å². The summed E-state index contributed by atoms with van der Waals surface area (Å²) >= 11 is 6.22. The third-order valence-electron chi connectivity index (χ3n) is 3.58. The topological polar surface area (TPSA) is 58.4 Å². The summed E-state index contributed by atoms with van der Waals surface area (Å²) in [6.07, 6.45) is 3.20. The van der Waals surface area contributed by atoms with Crippen molar-refractivity contribution in [2.45, 2.75) is 32.2 Å². The summed E-state index contributed by atoms with van der Waals surface area (Å²) < 4.78 is 0. The van der Waals surface area contributed by atoms with Crippen molar-refractivity contribution in [1.29, 1.82) is 0 Å². The molecule has 0 aromatic heterocycles. The second-order valence-electron chi connectivity index (χ2n) is 5.10. The molecular weight excluding hydrogens is 278 g/mol. The van der Waals surface area contributed by atoms with Gasteiger partial charge in [-0.25, -0.2) is 0 Å². The molecule has 0 saturated carbocycles. The molecular formula is C14H20ClN3O2. The number of nitrogens with zero attached hydrogens (tertiary/aromatic N) is 2. The highest BCUT2D eigenvalue weighted by atomic mass is 35.5. The zero-order chi connectivity index (χ0) is 14.5. The van der Waals surface area contributed by atoms with Crippen LogP contribution in [0.15, 0.2) is 18.2 Å². The highest BCUT2D eigenvalue weighted by Crippen LogP contribution is 2.35. The standard InChI is InChI=1S/C14H20ClN3O2/c1-2-9-17(10-11-5-4-8-16-11)14-12(15)6-3-7-13(14)18(19)20/h3,6-7,11,16H,2,4-5,8-10H2,1H3. The molecule has 1 aliphatic heterocycles. The number of hydrogen-bond acceptors (Lipinski definition) is 4. The van der Waals surface area contributed by atoms with Crippen LogP contribution in [0.1, 0.15) is 26.2 Å². The third-order valence-corrected chi connectivity index (χ3v) is 3.88. The first-order chi connectivity index (χ1) is 9.63. The molecule has 0 spiro atoms. The SMILES string of the molecule is CCCN(CC1CCCN1)c1c(Cl)cccc1[N+](=O)[O-]. The maximum absolute atomic E-state index is 11.2. The number of benzene rings is 1. The summed E-state index contributed by atoms with van der Waals surface area (Å²) in [6.45, 7) is 4.62. The van der Waals surface area contributed by atoms with Gasteiger partial charge in [0.2, 0.25) is 0 Å². The largest absolute Gasteiger partial charge is 0.363 e. The van der Waals surface area contributed by atoms with Gasteiger partial charge in [0.15, 0.2) is 0 Å². The Labute approximate surface area is 124 Å². The Bertz CT molecular complexity index is 475. The van der Waals surface area contributed by atoms with E-state index in [1.807, 2.05) is 4.90 Å². The molecule has 1 atom stereocenters. The van der Waals surface area contributed by atoms with Crippen LogP contribution in [0.5, 0.6) is 0 Å². The number of rotatable bonds is 6. The molecule has 1 N–H and O–H groups in total. The molecule has 1 fully saturated rings. The van der Waals surface area contributed by atoms with Gasteiger partial charge in [-0.05, 0) is 31.9 Å². The van der Waals surface area contributed by atoms with Crippen LogP contribution in [0.25, 0.3) is 0 Å². The van der Waals surface area contributed by atoms with Gasteiger partial charge in [0.05, 0.1) is 9.95 Å². The molecule has 2 rings (SSSR count). The van der Waals surface area contributed by atoms with Crippen LogP contribution in [0, 0.1) is 10.1 Å². The smallest absolute Gasteiger partial charge is 0.294 e. The van der Waals surface area contributed by atoms with Crippen molar-refractivity contribution in [3.8, 4) is 0 Å². The Balaban J connectivity index is 2.29. The van der Waals surface area contributed by atoms with E-state index < -0.39 is 0 Å². The van der Waals surface area contributed by atoms with E-state index in [0.29, 0.717) is 16.8 Å². The number of halogens is 1. The molecule has 1 heterocycles. The number of nitro benzene ring substituents is 1. The van der Waals surface area contributed by atoms with Gasteiger partial charge in [-0.2, -0.15) is 0 Å². The van der Waals surface area contributed by atoms with E-state index in [-0.39, 0.29) is 10.6 Å². The van der Waals surface area contributed by atoms with E-state index in [0.717, 1.165) is 38.9 Å². The van der Waals surface area contributed by atoms with Crippen LogP contribution in [-0.4, -0.2) is 30.6 Å². The van der Waals surface area contributed by atoms with Crippen molar-refractivity contribution < 1.29 is 4.92 Å². The Morgan fingerprint density at radius 2 is 2.35 bits per heavy atom. The average molecular weight is 298 g/mol. The summed E-state index contributed by atoms with van der Waals surface area (Å²) in [6, 6.07) is 5.25. The van der Waals surface area contributed by atoms with E-state index in [2.05, 4.69) is 12.2 Å². The number of nitro groups is 1. The van der Waals surface area contributed by atoms with Gasteiger partial charge < -0.3 is 10.2 Å². The van der Waals surface area contributed by atoms with Crippen molar-refractivity contribution in [3.05, 3.63) is 33.3 Å². The van der Waals surface area contributed by atoms with E-state index in [1.54, 1.807) is 12.1 Å². The number of nitrogens with one attached hydrogen (secondary N) is 1. The summed E-state index contributed by atoms with van der Waals surface area (Å²) in [4.78, 5) is 12.9. The van der Waals surface area contributed by atoms with Crippen molar-refractivity contribution in [2.24, 2.45) is 0 Å². The molecule has 1 saturated heterocycles. The highest BCUT2D eigenvalue weighted by molar-refractivity contribution is 6.33. The molecule has 1 aromatic rings. The number of para-hydroxylation sites is 1. The van der Waals surface area contributed by atoms with Crippen molar-refractivity contribution >= 4 is 23.0 Å². The quantitative estimate of drug-likeness (QED) is 0.647. The fourth-order valence-corrected chi connectivity index (χ4v) is 3.00. The van der Waals surface area contributed by atoms with E-state index in [4.69, 9.17) is 11.6 Å². The summed E-state index contributed by atoms with van der Waals surface area (Å²) in [5.41, 5.74) is 0.638. The lowest BCUT2D eigenvalue weighted by molar-refractivity contribution is -0.384. The van der Waals surface area contributed by atoms with E-state index in [1.165, 1.54) is 6.07 Å². The van der Waals surface area contributed by atoms with Gasteiger partial charge in [-0.1, -0.05) is 24.6 Å². The Morgan fingerprint density at radius 1 is 1.55 bits per heavy atom. The Morgan fingerprint density at radius 3 is 2.95 bits per heavy atom. The van der Waals surface area contributed by atoms with Crippen LogP contribution in [0.3, 0.4) is 0 Å². The fourth-order valence-electron chi connectivity index (χ4n) is 2.71. The minimum Gasteiger partial charge on any atom is -0.363 e. The lowest BCUT2D eigenvalue weighted by atomic mass is 10.1. The zero-order valence-electron chi connectivity index (χ0n) is 11.6. The van der Waals surface area contributed by atoms with Gasteiger partial charge in [0.25, 0.3) is 5.69 Å². The fraction of sp³-hybridized carbons (Fsp3) is 0.571. The first-order valence-corrected chi connectivity index (χ1v) is 7.42. The second kappa shape index (κ2) is 6.90. The van der Waals surface area contributed by atoms with E-state index >= 15 is 0 Å². The molecule has 1 aliphatic rings. The van der Waals surface area contributed by atoms with Crippen LogP contribution in [0.2, 0.25) is 5.02 Å². The monoisotopic (exact) mass is 297 g/mol. The van der Waals surface area contributed by atoms with Crippen LogP contribution in [0.4, 0.5) is 11.4 Å². The lowest BCUT2D eigenvalue weighted by Crippen LogP contribution is -2.38. The predicted molar refractivity (Wildman–Crippen MR) is 81.6 cm³/mol. The van der Waals surface area contributed by atoms with Gasteiger partial charge in [0, 0.05) is 25.2 Å². The third kappa shape index (κ3) is 3.41. The van der Waals surface area contributed by atoms with Gasteiger partial charge in [0.1, 0.15) is 5.69 Å². The van der Waals surface area contributed by atoms with Crippen molar-refractivity contribution in [1.82, 2.24) is 5.32 Å². The van der Waals surface area contributed by atoms with E-state index in [9.17, 15) is 10.1 Å². The molecule has 0 bridgehead atoms. The minimum absolute atomic E-state index is 0.0870. The average Bonchev–Trinajstić information content (AvgIpc) is 2.91. The lowest BCUT2D eigenvalue weighted by Gasteiger charge is -2.28. The number of anilines is 1. The maximum atomic E-state index is 11.2. The van der Waals surface area contributed by atoms with Crippen molar-refractivity contribution in [3.63, 3.8) is 0 Å². The summed E-state index contributed by atoms with van der Waals surface area (Å²) in [7, 11) is 0. The molecule has 0 radical (unpaired) electrons. The van der Waals surface area contributed by atoms with Crippen LogP contribution in [-0.2, 0) is 0 Å². The number of hydrogen-bond donors (Lipinski definition) is 1. The molecule has 1 unspecified atom stereocenters.